The summed E-state index contributed by atoms with van der Waals surface area (Å²) in [5.74, 6) is 0. The molecule has 0 aliphatic rings. The Morgan fingerprint density at radius 2 is 1.77 bits per heavy atom. The summed E-state index contributed by atoms with van der Waals surface area (Å²) < 4.78 is 5.30. The molecule has 0 aromatic carbocycles. The van der Waals surface area contributed by atoms with Gasteiger partial charge in [0.1, 0.15) is 0 Å². The van der Waals surface area contributed by atoms with Crippen molar-refractivity contribution < 1.29 is 4.74 Å². The number of ether oxygens (including phenoxy) is 1. The lowest BCUT2D eigenvalue weighted by Gasteiger charge is -2.14. The Balaban J connectivity index is 4.63. The summed E-state index contributed by atoms with van der Waals surface area (Å²) in [6.45, 7) is 10.4. The van der Waals surface area contributed by atoms with Gasteiger partial charge in [-0.05, 0) is 39.7 Å². The number of methoxy groups -OCH3 is 1. The summed E-state index contributed by atoms with van der Waals surface area (Å²) in [6, 6.07) is 0. The van der Waals surface area contributed by atoms with Gasteiger partial charge in [-0.15, -0.1) is 0 Å². The van der Waals surface area contributed by atoms with Crippen molar-refractivity contribution in [3.05, 3.63) is 11.1 Å². The maximum Gasteiger partial charge on any atom is 0.169 e. The van der Waals surface area contributed by atoms with Gasteiger partial charge in [-0.25, -0.2) is 0 Å². The van der Waals surface area contributed by atoms with Gasteiger partial charge < -0.3 is 4.74 Å². The van der Waals surface area contributed by atoms with Crippen LogP contribution in [-0.4, -0.2) is 19.0 Å². The average molecular weight is 183 g/mol. The molecule has 2 heteroatoms. The van der Waals surface area contributed by atoms with Gasteiger partial charge in [-0.2, -0.15) is 0 Å². The van der Waals surface area contributed by atoms with Crippen LogP contribution in [0.5, 0.6) is 0 Å². The standard InChI is InChI=1S/C11H21NO/c1-7-9(4)12-11(13-6)10(5)8(2)3/h11H,7H2,1-6H3/b12-9+/t11-/m1/s1. The van der Waals surface area contributed by atoms with Gasteiger partial charge in [0.25, 0.3) is 0 Å². The molecule has 0 saturated heterocycles. The highest BCUT2D eigenvalue weighted by Gasteiger charge is 2.08. The normalized spacial score (nSPS) is 14.2. The van der Waals surface area contributed by atoms with Crippen molar-refractivity contribution >= 4 is 5.71 Å². The molecule has 76 valence electrons. The third-order valence-corrected chi connectivity index (χ3v) is 2.23. The largest absolute Gasteiger partial charge is 0.356 e. The average Bonchev–Trinajstić information content (AvgIpc) is 2.12. The van der Waals surface area contributed by atoms with Gasteiger partial charge in [-0.1, -0.05) is 12.5 Å². The molecule has 1 atom stereocenters. The first-order valence-electron chi connectivity index (χ1n) is 4.73. The van der Waals surface area contributed by atoms with Crippen LogP contribution in [0.2, 0.25) is 0 Å². The van der Waals surface area contributed by atoms with E-state index in [1.807, 2.05) is 6.92 Å². The van der Waals surface area contributed by atoms with Crippen molar-refractivity contribution in [2.75, 3.05) is 7.11 Å². The van der Waals surface area contributed by atoms with E-state index in [0.717, 1.165) is 12.1 Å². The van der Waals surface area contributed by atoms with Gasteiger partial charge in [0.15, 0.2) is 6.23 Å². The van der Waals surface area contributed by atoms with Crippen LogP contribution in [0, 0.1) is 0 Å². The molecule has 0 N–H and O–H groups in total. The Labute approximate surface area is 81.7 Å². The van der Waals surface area contributed by atoms with Gasteiger partial charge in [-0.3, -0.25) is 4.99 Å². The lowest BCUT2D eigenvalue weighted by atomic mass is 10.1. The van der Waals surface area contributed by atoms with Gasteiger partial charge in [0, 0.05) is 12.8 Å². The maximum atomic E-state index is 5.30. The topological polar surface area (TPSA) is 21.6 Å². The molecule has 0 aliphatic carbocycles. The van der Waals surface area contributed by atoms with Crippen LogP contribution in [-0.2, 0) is 4.74 Å². The van der Waals surface area contributed by atoms with Crippen LogP contribution in [0.15, 0.2) is 16.1 Å². The third kappa shape index (κ3) is 4.23. The van der Waals surface area contributed by atoms with Crippen LogP contribution in [0.25, 0.3) is 0 Å². The van der Waals surface area contributed by atoms with Crippen molar-refractivity contribution in [2.45, 2.75) is 47.3 Å². The van der Waals surface area contributed by atoms with Gasteiger partial charge in [0.2, 0.25) is 0 Å². The van der Waals surface area contributed by atoms with Crippen LogP contribution in [0.4, 0.5) is 0 Å². The van der Waals surface area contributed by atoms with E-state index in [-0.39, 0.29) is 6.23 Å². The molecule has 0 saturated carbocycles. The molecule has 0 heterocycles. The van der Waals surface area contributed by atoms with Crippen LogP contribution in [0.1, 0.15) is 41.0 Å². The minimum Gasteiger partial charge on any atom is -0.356 e. The number of rotatable bonds is 4. The Morgan fingerprint density at radius 1 is 1.23 bits per heavy atom. The lowest BCUT2D eigenvalue weighted by molar-refractivity contribution is 0.138. The third-order valence-electron chi connectivity index (χ3n) is 2.23. The maximum absolute atomic E-state index is 5.30. The molecule has 0 bridgehead atoms. The summed E-state index contributed by atoms with van der Waals surface area (Å²) in [4.78, 5) is 4.47. The van der Waals surface area contributed by atoms with E-state index in [1.165, 1.54) is 11.1 Å². The van der Waals surface area contributed by atoms with Gasteiger partial charge >= 0.3 is 0 Å². The first-order valence-corrected chi connectivity index (χ1v) is 4.73. The molecule has 2 nitrogen and oxygen atoms in total. The minimum absolute atomic E-state index is 0.0926. The first-order chi connectivity index (χ1) is 6.02. The fourth-order valence-electron chi connectivity index (χ4n) is 0.865. The monoisotopic (exact) mass is 183 g/mol. The highest BCUT2D eigenvalue weighted by Crippen LogP contribution is 2.12. The summed E-state index contributed by atoms with van der Waals surface area (Å²) in [5, 5.41) is 0. The summed E-state index contributed by atoms with van der Waals surface area (Å²) in [5.41, 5.74) is 3.61. The van der Waals surface area contributed by atoms with E-state index in [0.29, 0.717) is 0 Å². The van der Waals surface area contributed by atoms with Crippen molar-refractivity contribution in [1.82, 2.24) is 0 Å². The molecule has 0 amide bonds. The van der Waals surface area contributed by atoms with E-state index in [4.69, 9.17) is 4.74 Å². The van der Waals surface area contributed by atoms with E-state index >= 15 is 0 Å². The first kappa shape index (κ1) is 12.4. The van der Waals surface area contributed by atoms with Crippen LogP contribution < -0.4 is 0 Å². The highest BCUT2D eigenvalue weighted by atomic mass is 16.5. The zero-order valence-electron chi connectivity index (χ0n) is 9.64. The second kappa shape index (κ2) is 5.92. The van der Waals surface area contributed by atoms with E-state index in [9.17, 15) is 0 Å². The fraction of sp³-hybridized carbons (Fsp3) is 0.727. The Hall–Kier alpha value is -0.630. The zero-order chi connectivity index (χ0) is 10.4. The second-order valence-electron chi connectivity index (χ2n) is 3.49. The minimum atomic E-state index is -0.0926. The van der Waals surface area contributed by atoms with E-state index in [2.05, 4.69) is 32.7 Å². The predicted molar refractivity (Wildman–Crippen MR) is 58.2 cm³/mol. The number of hydrogen-bond donors (Lipinski definition) is 0. The Morgan fingerprint density at radius 3 is 2.08 bits per heavy atom. The predicted octanol–water partition coefficient (Wildman–Crippen LogP) is 3.19. The second-order valence-corrected chi connectivity index (χ2v) is 3.49. The lowest BCUT2D eigenvalue weighted by Crippen LogP contribution is -2.12. The quantitative estimate of drug-likeness (QED) is 0.484. The molecule has 0 unspecified atom stereocenters. The molecular weight excluding hydrogens is 162 g/mol. The van der Waals surface area contributed by atoms with Crippen LogP contribution in [0.3, 0.4) is 0 Å². The summed E-state index contributed by atoms with van der Waals surface area (Å²) >= 11 is 0. The zero-order valence-corrected chi connectivity index (χ0v) is 9.64. The summed E-state index contributed by atoms with van der Waals surface area (Å²) in [7, 11) is 1.70. The van der Waals surface area contributed by atoms with E-state index < -0.39 is 0 Å². The Bertz CT molecular complexity index is 212. The molecule has 0 fully saturated rings. The van der Waals surface area contributed by atoms with Crippen molar-refractivity contribution in [3.8, 4) is 0 Å². The smallest absolute Gasteiger partial charge is 0.169 e. The molecule has 0 aliphatic heterocycles. The van der Waals surface area contributed by atoms with E-state index in [1.54, 1.807) is 7.11 Å². The number of nitrogens with zero attached hydrogens (tertiary/aromatic N) is 1. The molecule has 0 radical (unpaired) electrons. The van der Waals surface area contributed by atoms with Crippen molar-refractivity contribution in [1.29, 1.82) is 0 Å². The molecular formula is C11H21NO. The number of hydrogen-bond acceptors (Lipinski definition) is 2. The number of aliphatic imine (C=N–C) groups is 1. The van der Waals surface area contributed by atoms with Gasteiger partial charge in [0.05, 0.1) is 0 Å². The molecule has 0 rings (SSSR count). The molecule has 13 heavy (non-hydrogen) atoms. The summed E-state index contributed by atoms with van der Waals surface area (Å²) in [6.07, 6.45) is 0.889. The molecule has 0 aromatic rings. The highest BCUT2D eigenvalue weighted by molar-refractivity contribution is 5.81. The van der Waals surface area contributed by atoms with Crippen molar-refractivity contribution in [2.24, 2.45) is 4.99 Å². The SMILES string of the molecule is CC/C(C)=N/[C@H](OC)C(C)=C(C)C. The molecule has 0 aromatic heterocycles. The van der Waals surface area contributed by atoms with Crippen molar-refractivity contribution in [3.63, 3.8) is 0 Å². The Kier molecular flexibility index (Phi) is 5.63. The molecule has 0 spiro atoms. The number of allylic oxidation sites excluding steroid dienone is 1. The fourth-order valence-corrected chi connectivity index (χ4v) is 0.865. The van der Waals surface area contributed by atoms with Crippen LogP contribution >= 0.6 is 0 Å².